The molecule has 0 spiro atoms. The number of methoxy groups -OCH3 is 1. The van der Waals surface area contributed by atoms with Crippen LogP contribution in [0.3, 0.4) is 0 Å². The van der Waals surface area contributed by atoms with E-state index in [1.165, 1.54) is 13.2 Å². The van der Waals surface area contributed by atoms with Gasteiger partial charge in [0.1, 0.15) is 11.5 Å². The third kappa shape index (κ3) is 1.79. The monoisotopic (exact) mass is 236 g/mol. The summed E-state index contributed by atoms with van der Waals surface area (Å²) < 4.78 is 5.50. The maximum Gasteiger partial charge on any atom is 0.139 e. The van der Waals surface area contributed by atoms with E-state index in [1.54, 1.807) is 6.07 Å². The first-order chi connectivity index (χ1) is 5.15. The molecular formula is C7H6BrClO2. The number of benzene rings is 1. The van der Waals surface area contributed by atoms with Gasteiger partial charge < -0.3 is 9.84 Å². The molecule has 1 N–H and O–H groups in total. The molecule has 0 heterocycles. The van der Waals surface area contributed by atoms with Gasteiger partial charge in [-0.3, -0.25) is 0 Å². The molecule has 2 nitrogen and oxygen atoms in total. The Morgan fingerprint density at radius 3 is 2.64 bits per heavy atom. The second kappa shape index (κ2) is 3.32. The normalized spacial score (nSPS) is 9.73. The van der Waals surface area contributed by atoms with E-state index in [1.807, 2.05) is 0 Å². The standard InChI is InChI=1S/C7H6BrClO2/c1-11-4-2-5(8)7(9)6(10)3-4/h2-3,10H,1H3. The second-order valence-electron chi connectivity index (χ2n) is 1.94. The fourth-order valence-electron chi connectivity index (χ4n) is 0.668. The smallest absolute Gasteiger partial charge is 0.139 e. The SMILES string of the molecule is COc1cc(O)c(Cl)c(Br)c1. The topological polar surface area (TPSA) is 29.5 Å². The van der Waals surface area contributed by atoms with Gasteiger partial charge in [-0.25, -0.2) is 0 Å². The molecule has 1 aromatic rings. The average Bonchev–Trinajstić information content (AvgIpc) is 1.99. The summed E-state index contributed by atoms with van der Waals surface area (Å²) in [5.41, 5.74) is 0. The number of phenols is 1. The Labute approximate surface area is 77.9 Å². The van der Waals surface area contributed by atoms with Gasteiger partial charge in [-0.05, 0) is 22.0 Å². The van der Waals surface area contributed by atoms with Crippen molar-refractivity contribution >= 4 is 27.5 Å². The number of hydrogen-bond donors (Lipinski definition) is 1. The first-order valence-electron chi connectivity index (χ1n) is 2.87. The lowest BCUT2D eigenvalue weighted by Gasteiger charge is -2.03. The van der Waals surface area contributed by atoms with Crippen molar-refractivity contribution in [2.75, 3.05) is 7.11 Å². The van der Waals surface area contributed by atoms with Crippen LogP contribution in [0.4, 0.5) is 0 Å². The average molecular weight is 237 g/mol. The van der Waals surface area contributed by atoms with E-state index in [0.717, 1.165) is 0 Å². The van der Waals surface area contributed by atoms with E-state index in [-0.39, 0.29) is 5.75 Å². The van der Waals surface area contributed by atoms with Crippen molar-refractivity contribution in [3.8, 4) is 11.5 Å². The molecular weight excluding hydrogens is 231 g/mol. The molecule has 1 rings (SSSR count). The predicted molar refractivity (Wildman–Crippen MR) is 47.4 cm³/mol. The van der Waals surface area contributed by atoms with Crippen LogP contribution < -0.4 is 4.74 Å². The van der Waals surface area contributed by atoms with Gasteiger partial charge in [-0.2, -0.15) is 0 Å². The molecule has 1 aromatic carbocycles. The third-order valence-corrected chi connectivity index (χ3v) is 2.47. The molecule has 0 unspecified atom stereocenters. The van der Waals surface area contributed by atoms with Crippen molar-refractivity contribution in [3.05, 3.63) is 21.6 Å². The lowest BCUT2D eigenvalue weighted by molar-refractivity contribution is 0.407. The fourth-order valence-corrected chi connectivity index (χ4v) is 1.21. The zero-order chi connectivity index (χ0) is 8.43. The van der Waals surface area contributed by atoms with Crippen LogP contribution in [-0.4, -0.2) is 12.2 Å². The van der Waals surface area contributed by atoms with Gasteiger partial charge in [0.15, 0.2) is 0 Å². The molecule has 0 aliphatic carbocycles. The zero-order valence-electron chi connectivity index (χ0n) is 5.77. The van der Waals surface area contributed by atoms with Crippen molar-refractivity contribution in [2.45, 2.75) is 0 Å². The quantitative estimate of drug-likeness (QED) is 0.814. The second-order valence-corrected chi connectivity index (χ2v) is 3.17. The van der Waals surface area contributed by atoms with E-state index < -0.39 is 0 Å². The molecule has 0 aliphatic heterocycles. The minimum Gasteiger partial charge on any atom is -0.506 e. The van der Waals surface area contributed by atoms with Crippen molar-refractivity contribution in [3.63, 3.8) is 0 Å². The number of aromatic hydroxyl groups is 1. The summed E-state index contributed by atoms with van der Waals surface area (Å²) in [6, 6.07) is 3.13. The lowest BCUT2D eigenvalue weighted by Crippen LogP contribution is -1.82. The van der Waals surface area contributed by atoms with Crippen LogP contribution in [0, 0.1) is 0 Å². The fraction of sp³-hybridized carbons (Fsp3) is 0.143. The van der Waals surface area contributed by atoms with Gasteiger partial charge in [-0.1, -0.05) is 11.6 Å². The Bertz CT molecular complexity index is 252. The van der Waals surface area contributed by atoms with E-state index in [2.05, 4.69) is 15.9 Å². The van der Waals surface area contributed by atoms with Crippen molar-refractivity contribution in [1.29, 1.82) is 0 Å². The summed E-state index contributed by atoms with van der Waals surface area (Å²) in [6.07, 6.45) is 0. The Balaban J connectivity index is 3.21. The van der Waals surface area contributed by atoms with Gasteiger partial charge in [-0.15, -0.1) is 0 Å². The van der Waals surface area contributed by atoms with Gasteiger partial charge in [0, 0.05) is 10.5 Å². The molecule has 0 saturated carbocycles. The molecule has 0 saturated heterocycles. The molecule has 0 radical (unpaired) electrons. The van der Waals surface area contributed by atoms with Crippen LogP contribution >= 0.6 is 27.5 Å². The first-order valence-corrected chi connectivity index (χ1v) is 4.04. The highest BCUT2D eigenvalue weighted by Crippen LogP contribution is 2.35. The number of hydrogen-bond acceptors (Lipinski definition) is 2. The maximum absolute atomic E-state index is 9.17. The van der Waals surface area contributed by atoms with Gasteiger partial charge >= 0.3 is 0 Å². The zero-order valence-corrected chi connectivity index (χ0v) is 8.11. The molecule has 0 amide bonds. The minimum atomic E-state index is 0.0119. The number of ether oxygens (including phenoxy) is 1. The molecule has 0 bridgehead atoms. The van der Waals surface area contributed by atoms with Crippen molar-refractivity contribution in [1.82, 2.24) is 0 Å². The molecule has 4 heteroatoms. The van der Waals surface area contributed by atoms with Crippen LogP contribution in [0.1, 0.15) is 0 Å². The molecule has 0 aromatic heterocycles. The molecule has 60 valence electrons. The lowest BCUT2D eigenvalue weighted by atomic mass is 10.3. The number of halogens is 2. The molecule has 11 heavy (non-hydrogen) atoms. The highest BCUT2D eigenvalue weighted by Gasteiger charge is 2.05. The third-order valence-electron chi connectivity index (χ3n) is 1.22. The summed E-state index contributed by atoms with van der Waals surface area (Å²) in [7, 11) is 1.52. The van der Waals surface area contributed by atoms with Crippen LogP contribution in [-0.2, 0) is 0 Å². The van der Waals surface area contributed by atoms with Crippen molar-refractivity contribution < 1.29 is 9.84 Å². The molecule has 0 atom stereocenters. The predicted octanol–water partition coefficient (Wildman–Crippen LogP) is 2.82. The van der Waals surface area contributed by atoms with Gasteiger partial charge in [0.05, 0.1) is 12.1 Å². The van der Waals surface area contributed by atoms with Crippen molar-refractivity contribution in [2.24, 2.45) is 0 Å². The molecule has 0 aliphatic rings. The van der Waals surface area contributed by atoms with Crippen LogP contribution in [0.25, 0.3) is 0 Å². The van der Waals surface area contributed by atoms with Crippen LogP contribution in [0.5, 0.6) is 11.5 Å². The summed E-state index contributed by atoms with van der Waals surface area (Å²) in [5.74, 6) is 0.580. The van der Waals surface area contributed by atoms with Crippen LogP contribution in [0.2, 0.25) is 5.02 Å². The highest BCUT2D eigenvalue weighted by atomic mass is 79.9. The summed E-state index contributed by atoms with van der Waals surface area (Å²) in [4.78, 5) is 0. The number of phenolic OH excluding ortho intramolecular Hbond substituents is 1. The van der Waals surface area contributed by atoms with E-state index in [0.29, 0.717) is 15.2 Å². The van der Waals surface area contributed by atoms with Gasteiger partial charge in [0.2, 0.25) is 0 Å². The largest absolute Gasteiger partial charge is 0.506 e. The highest BCUT2D eigenvalue weighted by molar-refractivity contribution is 9.10. The Morgan fingerprint density at radius 1 is 1.55 bits per heavy atom. The summed E-state index contributed by atoms with van der Waals surface area (Å²) >= 11 is 8.82. The first kappa shape index (κ1) is 8.68. The van der Waals surface area contributed by atoms with Gasteiger partial charge in [0.25, 0.3) is 0 Å². The summed E-state index contributed by atoms with van der Waals surface area (Å²) in [6.45, 7) is 0. The Hall–Kier alpha value is -0.410. The van der Waals surface area contributed by atoms with E-state index in [4.69, 9.17) is 16.3 Å². The van der Waals surface area contributed by atoms with E-state index in [9.17, 15) is 5.11 Å². The van der Waals surface area contributed by atoms with E-state index >= 15 is 0 Å². The summed E-state index contributed by atoms with van der Waals surface area (Å²) in [5, 5.41) is 9.47. The number of rotatable bonds is 1. The minimum absolute atomic E-state index is 0.0119. The Morgan fingerprint density at radius 2 is 2.18 bits per heavy atom. The Kier molecular flexibility index (Phi) is 2.62. The van der Waals surface area contributed by atoms with Crippen LogP contribution in [0.15, 0.2) is 16.6 Å². The maximum atomic E-state index is 9.17. The molecule has 0 fully saturated rings.